The molecule has 0 saturated carbocycles. The van der Waals surface area contributed by atoms with Gasteiger partial charge in [-0.2, -0.15) is 0 Å². The number of H-pyrrole nitrogens is 1. The maximum absolute atomic E-state index is 12.6. The average molecular weight is 292 g/mol. The van der Waals surface area contributed by atoms with E-state index in [1.807, 2.05) is 0 Å². The van der Waals surface area contributed by atoms with Gasteiger partial charge in [-0.05, 0) is 39.2 Å². The first-order valence-electron chi connectivity index (χ1n) is 7.10. The van der Waals surface area contributed by atoms with Crippen LogP contribution in [0.4, 0.5) is 0 Å². The molecular weight excluding hydrogens is 272 g/mol. The highest BCUT2D eigenvalue weighted by atomic mass is 16.4. The van der Waals surface area contributed by atoms with Crippen LogP contribution in [-0.2, 0) is 11.2 Å². The molecule has 2 N–H and O–H groups in total. The van der Waals surface area contributed by atoms with Crippen LogP contribution in [0.25, 0.3) is 0 Å². The quantitative estimate of drug-likeness (QED) is 0.885. The number of nitrogens with zero attached hydrogens (tertiary/aromatic N) is 1. The van der Waals surface area contributed by atoms with E-state index in [0.29, 0.717) is 23.2 Å². The Hall–Kier alpha value is -2.11. The fraction of sp³-hybridized carbons (Fsp3) is 0.533. The van der Waals surface area contributed by atoms with Gasteiger partial charge in [0.15, 0.2) is 5.78 Å². The second-order valence-electron chi connectivity index (χ2n) is 5.68. The number of carbonyl (C=O) groups is 3. The van der Waals surface area contributed by atoms with Crippen molar-refractivity contribution in [1.82, 2.24) is 9.88 Å². The van der Waals surface area contributed by atoms with Crippen molar-refractivity contribution in [3.8, 4) is 0 Å². The normalized spacial score (nSPS) is 14.2. The molecule has 1 aromatic rings. The number of aryl methyl sites for hydroxylation is 1. The molecule has 0 aromatic carbocycles. The Morgan fingerprint density at radius 2 is 2.00 bits per heavy atom. The van der Waals surface area contributed by atoms with Crippen LogP contribution in [0.5, 0.6) is 0 Å². The van der Waals surface area contributed by atoms with Gasteiger partial charge < -0.3 is 15.0 Å². The molecule has 6 nitrogen and oxygen atoms in total. The molecule has 2 rings (SSSR count). The number of Topliss-reactive ketones (excluding diaryl/α,β-unsaturated/α-hetero) is 1. The zero-order valence-electron chi connectivity index (χ0n) is 12.5. The minimum atomic E-state index is -1.05. The minimum absolute atomic E-state index is 0.0541. The van der Waals surface area contributed by atoms with Gasteiger partial charge >= 0.3 is 5.97 Å². The first-order chi connectivity index (χ1) is 9.82. The second kappa shape index (κ2) is 5.71. The van der Waals surface area contributed by atoms with E-state index in [0.717, 1.165) is 18.5 Å². The predicted octanol–water partition coefficient (Wildman–Crippen LogP) is 1.78. The number of hydrogen-bond acceptors (Lipinski definition) is 3. The lowest BCUT2D eigenvalue weighted by Crippen LogP contribution is -2.41. The molecule has 0 radical (unpaired) electrons. The van der Waals surface area contributed by atoms with Crippen molar-refractivity contribution in [2.75, 3.05) is 6.54 Å². The van der Waals surface area contributed by atoms with Crippen LogP contribution in [-0.4, -0.2) is 45.2 Å². The fourth-order valence-corrected chi connectivity index (χ4v) is 2.77. The van der Waals surface area contributed by atoms with Gasteiger partial charge in [0.2, 0.25) is 0 Å². The molecule has 0 spiro atoms. The van der Waals surface area contributed by atoms with Crippen LogP contribution < -0.4 is 0 Å². The maximum Gasteiger partial charge on any atom is 0.323 e. The number of hydrogen-bond donors (Lipinski definition) is 2. The molecule has 114 valence electrons. The van der Waals surface area contributed by atoms with Crippen LogP contribution in [0.15, 0.2) is 0 Å². The molecular formula is C15H20N2O4. The Bertz CT molecular complexity index is 601. The van der Waals surface area contributed by atoms with E-state index in [-0.39, 0.29) is 24.3 Å². The van der Waals surface area contributed by atoms with Gasteiger partial charge in [0.1, 0.15) is 12.2 Å². The Balaban J connectivity index is 2.39. The average Bonchev–Trinajstić information content (AvgIpc) is 2.73. The number of carboxylic acids is 1. The van der Waals surface area contributed by atoms with Gasteiger partial charge in [-0.25, -0.2) is 0 Å². The summed E-state index contributed by atoms with van der Waals surface area (Å²) in [5.74, 6) is -1.37. The van der Waals surface area contributed by atoms with Crippen molar-refractivity contribution in [2.45, 2.75) is 46.1 Å². The van der Waals surface area contributed by atoms with E-state index >= 15 is 0 Å². The van der Waals surface area contributed by atoms with Gasteiger partial charge in [-0.15, -0.1) is 0 Å². The topological polar surface area (TPSA) is 90.5 Å². The number of ketones is 1. The summed E-state index contributed by atoms with van der Waals surface area (Å²) in [6.07, 6.45) is 2.03. The van der Waals surface area contributed by atoms with Crippen LogP contribution in [0.2, 0.25) is 0 Å². The van der Waals surface area contributed by atoms with Crippen molar-refractivity contribution in [1.29, 1.82) is 0 Å². The third-order valence-corrected chi connectivity index (χ3v) is 3.84. The van der Waals surface area contributed by atoms with Crippen LogP contribution in [0, 0.1) is 6.92 Å². The molecule has 1 aliphatic rings. The lowest BCUT2D eigenvalue weighted by atomic mass is 9.93. The Morgan fingerprint density at radius 1 is 1.33 bits per heavy atom. The first kappa shape index (κ1) is 15.3. The highest BCUT2D eigenvalue weighted by Crippen LogP contribution is 2.27. The first-order valence-corrected chi connectivity index (χ1v) is 7.10. The summed E-state index contributed by atoms with van der Waals surface area (Å²) in [5.41, 5.74) is 2.38. The number of rotatable bonds is 4. The molecule has 0 bridgehead atoms. The Kier molecular flexibility index (Phi) is 4.16. The molecule has 1 amide bonds. The molecule has 1 heterocycles. The maximum atomic E-state index is 12.6. The van der Waals surface area contributed by atoms with Crippen LogP contribution in [0.3, 0.4) is 0 Å². The molecule has 0 aliphatic heterocycles. The number of aliphatic carboxylic acids is 1. The molecule has 0 saturated heterocycles. The minimum Gasteiger partial charge on any atom is -0.480 e. The van der Waals surface area contributed by atoms with Gasteiger partial charge in [0.05, 0.1) is 0 Å². The molecule has 6 heteroatoms. The number of amides is 1. The monoisotopic (exact) mass is 292 g/mol. The van der Waals surface area contributed by atoms with Gasteiger partial charge in [-0.1, -0.05) is 0 Å². The van der Waals surface area contributed by atoms with E-state index in [2.05, 4.69) is 4.98 Å². The van der Waals surface area contributed by atoms with Gasteiger partial charge in [-0.3, -0.25) is 14.4 Å². The summed E-state index contributed by atoms with van der Waals surface area (Å²) in [6.45, 7) is 4.92. The van der Waals surface area contributed by atoms with Crippen molar-refractivity contribution >= 4 is 17.7 Å². The highest BCUT2D eigenvalue weighted by Gasteiger charge is 2.29. The number of carbonyl (C=O) groups excluding carboxylic acids is 2. The van der Waals surface area contributed by atoms with Crippen molar-refractivity contribution in [3.05, 3.63) is 22.5 Å². The summed E-state index contributed by atoms with van der Waals surface area (Å²) in [5, 5.41) is 8.94. The smallest absolute Gasteiger partial charge is 0.323 e. The van der Waals surface area contributed by atoms with Crippen molar-refractivity contribution in [2.24, 2.45) is 0 Å². The van der Waals surface area contributed by atoms with Gasteiger partial charge in [0.25, 0.3) is 5.91 Å². The SMILES string of the molecule is Cc1c(C(=O)N(CC(=O)O)C(C)C)[nH]c2c1C(=O)CCC2. The summed E-state index contributed by atoms with van der Waals surface area (Å²) in [6, 6.07) is -0.232. The summed E-state index contributed by atoms with van der Waals surface area (Å²) in [4.78, 5) is 39.8. The van der Waals surface area contributed by atoms with Crippen LogP contribution in [0.1, 0.15) is 58.8 Å². The Morgan fingerprint density at radius 3 is 2.52 bits per heavy atom. The highest BCUT2D eigenvalue weighted by molar-refractivity contribution is 6.04. The summed E-state index contributed by atoms with van der Waals surface area (Å²) in [7, 11) is 0. The standard InChI is InChI=1S/C15H20N2O4/c1-8(2)17(7-12(19)20)15(21)14-9(3)13-10(16-14)5-4-6-11(13)18/h8,16H,4-7H2,1-3H3,(H,19,20). The zero-order chi connectivity index (χ0) is 15.7. The summed E-state index contributed by atoms with van der Waals surface area (Å²) < 4.78 is 0. The number of aromatic nitrogens is 1. The molecule has 0 fully saturated rings. The van der Waals surface area contributed by atoms with Crippen LogP contribution >= 0.6 is 0 Å². The Labute approximate surface area is 123 Å². The van der Waals surface area contributed by atoms with Crippen molar-refractivity contribution < 1.29 is 19.5 Å². The molecule has 0 atom stereocenters. The van der Waals surface area contributed by atoms with Crippen molar-refractivity contribution in [3.63, 3.8) is 0 Å². The van der Waals surface area contributed by atoms with E-state index in [9.17, 15) is 14.4 Å². The third kappa shape index (κ3) is 2.84. The molecule has 1 aliphatic carbocycles. The zero-order valence-corrected chi connectivity index (χ0v) is 12.5. The molecule has 0 unspecified atom stereocenters. The lowest BCUT2D eigenvalue weighted by molar-refractivity contribution is -0.138. The number of fused-ring (bicyclic) bond motifs is 1. The van der Waals surface area contributed by atoms with E-state index in [1.165, 1.54) is 4.90 Å². The number of aromatic amines is 1. The largest absolute Gasteiger partial charge is 0.480 e. The van der Waals surface area contributed by atoms with E-state index < -0.39 is 5.97 Å². The summed E-state index contributed by atoms with van der Waals surface area (Å²) >= 11 is 0. The molecule has 21 heavy (non-hydrogen) atoms. The number of carboxylic acid groups (broad SMARTS) is 1. The molecule has 1 aromatic heterocycles. The van der Waals surface area contributed by atoms with E-state index in [1.54, 1.807) is 20.8 Å². The van der Waals surface area contributed by atoms with Gasteiger partial charge in [0, 0.05) is 23.7 Å². The predicted molar refractivity (Wildman–Crippen MR) is 76.6 cm³/mol. The number of nitrogens with one attached hydrogen (secondary N) is 1. The third-order valence-electron chi connectivity index (χ3n) is 3.84. The fourth-order valence-electron chi connectivity index (χ4n) is 2.77. The van der Waals surface area contributed by atoms with E-state index in [4.69, 9.17) is 5.11 Å². The second-order valence-corrected chi connectivity index (χ2v) is 5.68. The lowest BCUT2D eigenvalue weighted by Gasteiger charge is -2.24.